The SMILES string of the molecule is CCN1CCN(c2ccc(-c3cncc4ccc(C=C5SC(=O)NC5=O)cc34)cc2)CC1. The topological polar surface area (TPSA) is 65.5 Å². The maximum absolute atomic E-state index is 11.9. The lowest BCUT2D eigenvalue weighted by Crippen LogP contribution is -2.46. The molecule has 1 aromatic heterocycles. The predicted octanol–water partition coefficient (Wildman–Crippen LogP) is 4.37. The summed E-state index contributed by atoms with van der Waals surface area (Å²) in [6.07, 6.45) is 5.49. The lowest BCUT2D eigenvalue weighted by atomic mass is 9.98. The molecule has 162 valence electrons. The first-order valence-electron chi connectivity index (χ1n) is 10.8. The van der Waals surface area contributed by atoms with Crippen LogP contribution >= 0.6 is 11.8 Å². The number of likely N-dealkylation sites (N-methyl/N-ethyl adjacent to an activating group) is 1. The zero-order valence-corrected chi connectivity index (χ0v) is 18.7. The summed E-state index contributed by atoms with van der Waals surface area (Å²) >= 11 is 0.933. The summed E-state index contributed by atoms with van der Waals surface area (Å²) in [6, 6.07) is 14.7. The van der Waals surface area contributed by atoms with Gasteiger partial charge in [-0.25, -0.2) is 0 Å². The second-order valence-corrected chi connectivity index (χ2v) is 9.00. The molecule has 0 saturated carbocycles. The highest BCUT2D eigenvalue weighted by molar-refractivity contribution is 8.18. The highest BCUT2D eigenvalue weighted by atomic mass is 32.2. The summed E-state index contributed by atoms with van der Waals surface area (Å²) in [5, 5.41) is 4.06. The summed E-state index contributed by atoms with van der Waals surface area (Å²) in [5.74, 6) is -0.342. The minimum absolute atomic E-state index is 0.330. The second-order valence-electron chi connectivity index (χ2n) is 7.99. The van der Waals surface area contributed by atoms with Crippen LogP contribution in [0.2, 0.25) is 0 Å². The van der Waals surface area contributed by atoms with Crippen molar-refractivity contribution in [3.63, 3.8) is 0 Å². The van der Waals surface area contributed by atoms with Gasteiger partial charge in [-0.3, -0.25) is 19.9 Å². The molecule has 0 bridgehead atoms. The molecule has 6 nitrogen and oxygen atoms in total. The molecule has 2 aliphatic heterocycles. The molecule has 1 N–H and O–H groups in total. The standard InChI is InChI=1S/C25H24N4O2S/c1-2-28-9-11-29(12-10-28)20-7-5-18(6-8-20)22-16-26-15-19-4-3-17(13-21(19)22)14-23-24(30)27-25(31)32-23/h3-8,13-16H,2,9-12H2,1H3,(H,27,30,31). The Labute approximate surface area is 191 Å². The molecule has 0 spiro atoms. The lowest BCUT2D eigenvalue weighted by molar-refractivity contribution is -0.115. The van der Waals surface area contributed by atoms with E-state index >= 15 is 0 Å². The quantitative estimate of drug-likeness (QED) is 0.603. The van der Waals surface area contributed by atoms with E-state index < -0.39 is 0 Å². The summed E-state index contributed by atoms with van der Waals surface area (Å²) in [6.45, 7) is 7.63. The van der Waals surface area contributed by atoms with Crippen molar-refractivity contribution in [3.05, 3.63) is 65.3 Å². The van der Waals surface area contributed by atoms with Crippen LogP contribution in [-0.4, -0.2) is 53.8 Å². The van der Waals surface area contributed by atoms with Crippen LogP contribution < -0.4 is 10.2 Å². The number of benzene rings is 2. The van der Waals surface area contributed by atoms with Crippen LogP contribution in [0.5, 0.6) is 0 Å². The van der Waals surface area contributed by atoms with Crippen LogP contribution in [0.25, 0.3) is 28.0 Å². The van der Waals surface area contributed by atoms with Gasteiger partial charge in [0.2, 0.25) is 0 Å². The van der Waals surface area contributed by atoms with E-state index in [4.69, 9.17) is 0 Å². The Bertz CT molecular complexity index is 1210. The van der Waals surface area contributed by atoms with Crippen molar-refractivity contribution in [1.29, 1.82) is 0 Å². The van der Waals surface area contributed by atoms with E-state index in [9.17, 15) is 9.59 Å². The third-order valence-electron chi connectivity index (χ3n) is 6.09. The van der Waals surface area contributed by atoms with E-state index in [2.05, 4.69) is 51.3 Å². The minimum atomic E-state index is -0.342. The Morgan fingerprint density at radius 1 is 1.03 bits per heavy atom. The Hall–Kier alpha value is -3.16. The zero-order chi connectivity index (χ0) is 22.1. The van der Waals surface area contributed by atoms with Crippen LogP contribution in [0.3, 0.4) is 0 Å². The molecule has 32 heavy (non-hydrogen) atoms. The highest BCUT2D eigenvalue weighted by Crippen LogP contribution is 2.32. The van der Waals surface area contributed by atoms with Crippen molar-refractivity contribution in [2.45, 2.75) is 6.92 Å². The molecular formula is C25H24N4O2S. The van der Waals surface area contributed by atoms with Crippen molar-refractivity contribution in [2.24, 2.45) is 0 Å². The van der Waals surface area contributed by atoms with Gasteiger partial charge in [-0.05, 0) is 59.1 Å². The summed E-state index contributed by atoms with van der Waals surface area (Å²) in [7, 11) is 0. The average Bonchev–Trinajstić information content (AvgIpc) is 3.15. The number of thioether (sulfide) groups is 1. The number of piperazine rings is 1. The maximum atomic E-state index is 11.9. The fourth-order valence-electron chi connectivity index (χ4n) is 4.25. The van der Waals surface area contributed by atoms with E-state index in [1.165, 1.54) is 5.69 Å². The van der Waals surface area contributed by atoms with Crippen LogP contribution in [-0.2, 0) is 4.79 Å². The van der Waals surface area contributed by atoms with Crippen molar-refractivity contribution in [1.82, 2.24) is 15.2 Å². The molecule has 3 heterocycles. The Balaban J connectivity index is 1.44. The van der Waals surface area contributed by atoms with Gasteiger partial charge in [0.15, 0.2) is 0 Å². The monoisotopic (exact) mass is 444 g/mol. The molecule has 2 fully saturated rings. The molecule has 2 aliphatic rings. The Morgan fingerprint density at radius 2 is 1.81 bits per heavy atom. The number of pyridine rings is 1. The molecule has 2 amide bonds. The van der Waals surface area contributed by atoms with Crippen molar-refractivity contribution < 1.29 is 9.59 Å². The van der Waals surface area contributed by atoms with Gasteiger partial charge < -0.3 is 9.80 Å². The number of imide groups is 1. The largest absolute Gasteiger partial charge is 0.369 e. The summed E-state index contributed by atoms with van der Waals surface area (Å²) in [5.41, 5.74) is 4.27. The third kappa shape index (κ3) is 4.13. The number of carbonyl (C=O) groups is 2. The molecular weight excluding hydrogens is 420 g/mol. The number of nitrogens with one attached hydrogen (secondary N) is 1. The van der Waals surface area contributed by atoms with Crippen LogP contribution in [0.1, 0.15) is 12.5 Å². The fraction of sp³-hybridized carbons (Fsp3) is 0.240. The van der Waals surface area contributed by atoms with E-state index in [0.29, 0.717) is 4.91 Å². The van der Waals surface area contributed by atoms with Gasteiger partial charge in [0.1, 0.15) is 0 Å². The van der Waals surface area contributed by atoms with E-state index in [1.54, 1.807) is 6.08 Å². The maximum Gasteiger partial charge on any atom is 0.290 e. The number of aromatic nitrogens is 1. The average molecular weight is 445 g/mol. The lowest BCUT2D eigenvalue weighted by Gasteiger charge is -2.35. The molecule has 0 aliphatic carbocycles. The first kappa shape index (κ1) is 20.7. The Morgan fingerprint density at radius 3 is 2.50 bits per heavy atom. The van der Waals surface area contributed by atoms with E-state index in [0.717, 1.165) is 71.9 Å². The Kier molecular flexibility index (Phi) is 5.68. The smallest absolute Gasteiger partial charge is 0.290 e. The van der Waals surface area contributed by atoms with Gasteiger partial charge in [0.25, 0.3) is 11.1 Å². The van der Waals surface area contributed by atoms with Gasteiger partial charge in [-0.15, -0.1) is 0 Å². The van der Waals surface area contributed by atoms with Crippen molar-refractivity contribution >= 4 is 45.4 Å². The summed E-state index contributed by atoms with van der Waals surface area (Å²) in [4.78, 5) is 33.1. The van der Waals surface area contributed by atoms with Crippen molar-refractivity contribution in [3.8, 4) is 11.1 Å². The zero-order valence-electron chi connectivity index (χ0n) is 17.9. The molecule has 3 aromatic rings. The molecule has 0 atom stereocenters. The predicted molar refractivity (Wildman–Crippen MR) is 131 cm³/mol. The molecule has 0 unspecified atom stereocenters. The first-order valence-corrected chi connectivity index (χ1v) is 11.6. The third-order valence-corrected chi connectivity index (χ3v) is 6.90. The van der Waals surface area contributed by atoms with Crippen LogP contribution in [0.15, 0.2) is 59.8 Å². The molecule has 2 aromatic carbocycles. The van der Waals surface area contributed by atoms with Gasteiger partial charge in [0, 0.05) is 55.2 Å². The van der Waals surface area contributed by atoms with E-state index in [1.807, 2.05) is 30.6 Å². The number of carbonyl (C=O) groups excluding carboxylic acids is 2. The van der Waals surface area contributed by atoms with Crippen molar-refractivity contribution in [2.75, 3.05) is 37.6 Å². The molecule has 7 heteroatoms. The van der Waals surface area contributed by atoms with Gasteiger partial charge >= 0.3 is 0 Å². The number of rotatable bonds is 4. The van der Waals surface area contributed by atoms with Crippen LogP contribution in [0, 0.1) is 0 Å². The second kappa shape index (κ2) is 8.76. The van der Waals surface area contributed by atoms with Gasteiger partial charge in [-0.2, -0.15) is 0 Å². The highest BCUT2D eigenvalue weighted by Gasteiger charge is 2.25. The van der Waals surface area contributed by atoms with E-state index in [-0.39, 0.29) is 11.1 Å². The summed E-state index contributed by atoms with van der Waals surface area (Å²) < 4.78 is 0. The number of hydrogen-bond donors (Lipinski definition) is 1. The number of nitrogens with zero attached hydrogens (tertiary/aromatic N) is 3. The number of fused-ring (bicyclic) bond motifs is 1. The van der Waals surface area contributed by atoms with Gasteiger partial charge in [-0.1, -0.05) is 31.2 Å². The fourth-order valence-corrected chi connectivity index (χ4v) is 4.93. The van der Waals surface area contributed by atoms with Crippen LogP contribution in [0.4, 0.5) is 10.5 Å². The normalized spacial score (nSPS) is 18.5. The number of hydrogen-bond acceptors (Lipinski definition) is 6. The molecule has 2 saturated heterocycles. The first-order chi connectivity index (χ1) is 15.6. The molecule has 5 rings (SSSR count). The number of amides is 2. The minimum Gasteiger partial charge on any atom is -0.369 e. The number of anilines is 1. The molecule has 0 radical (unpaired) electrons. The van der Waals surface area contributed by atoms with Gasteiger partial charge in [0.05, 0.1) is 4.91 Å².